The number of fused-ring (bicyclic) bond motifs is 12. The van der Waals surface area contributed by atoms with Gasteiger partial charge >= 0.3 is 0 Å². The zero-order valence-corrected chi connectivity index (χ0v) is 28.0. The van der Waals surface area contributed by atoms with Gasteiger partial charge in [-0.15, -0.1) is 0 Å². The molecule has 0 saturated heterocycles. The summed E-state index contributed by atoms with van der Waals surface area (Å²) in [6.45, 7) is 7.90. The van der Waals surface area contributed by atoms with Crippen LogP contribution in [0, 0.1) is 0 Å². The maximum Gasteiger partial charge on any atom is 0.0497 e. The van der Waals surface area contributed by atoms with Crippen LogP contribution in [0.5, 0.6) is 0 Å². The van der Waals surface area contributed by atoms with Crippen LogP contribution >= 0.6 is 0 Å². The van der Waals surface area contributed by atoms with Gasteiger partial charge in [0.05, 0.1) is 0 Å². The predicted octanol–water partition coefficient (Wildman–Crippen LogP) is 13.1. The number of aromatic nitrogens is 1. The second-order valence-electron chi connectivity index (χ2n) is 14.0. The summed E-state index contributed by atoms with van der Waals surface area (Å²) in [6, 6.07) is 56.5. The van der Waals surface area contributed by atoms with Crippen LogP contribution in [0.15, 0.2) is 152 Å². The zero-order chi connectivity index (χ0) is 32.9. The van der Waals surface area contributed by atoms with Crippen molar-refractivity contribution in [2.45, 2.75) is 32.7 Å². The second-order valence-corrected chi connectivity index (χ2v) is 14.0. The molecule has 0 unspecified atom stereocenters. The highest BCUT2D eigenvalue weighted by Gasteiger charge is 2.35. The van der Waals surface area contributed by atoms with Gasteiger partial charge in [-0.05, 0) is 116 Å². The molecule has 1 aliphatic carbocycles. The van der Waals surface area contributed by atoms with Gasteiger partial charge in [-0.2, -0.15) is 0 Å². The molecule has 8 aromatic carbocycles. The van der Waals surface area contributed by atoms with Gasteiger partial charge in [0.1, 0.15) is 0 Å². The molecule has 1 aliphatic rings. The Bertz CT molecular complexity index is 2780. The molecule has 0 fully saturated rings. The van der Waals surface area contributed by atoms with Gasteiger partial charge in [0, 0.05) is 50.8 Å². The summed E-state index contributed by atoms with van der Waals surface area (Å²) in [5, 5.41) is 10.4. The third kappa shape index (κ3) is 3.95. The molecule has 0 amide bonds. The van der Waals surface area contributed by atoms with Crippen LogP contribution in [0.4, 0.5) is 17.1 Å². The van der Waals surface area contributed by atoms with E-state index in [-0.39, 0.29) is 5.41 Å². The number of anilines is 3. The molecular weight excluding hydrogens is 593 g/mol. The number of para-hydroxylation sites is 2. The van der Waals surface area contributed by atoms with Crippen LogP contribution in [-0.2, 0) is 12.0 Å². The van der Waals surface area contributed by atoms with E-state index in [9.17, 15) is 0 Å². The first-order valence-corrected chi connectivity index (χ1v) is 17.4. The van der Waals surface area contributed by atoms with Crippen LogP contribution in [0.2, 0.25) is 0 Å². The number of hydrogen-bond acceptors (Lipinski definition) is 1. The quantitative estimate of drug-likeness (QED) is 0.176. The zero-order valence-electron chi connectivity index (χ0n) is 28.0. The highest BCUT2D eigenvalue weighted by molar-refractivity contribution is 6.29. The van der Waals surface area contributed by atoms with E-state index in [1.165, 1.54) is 82.1 Å². The Balaban J connectivity index is 1.24. The fourth-order valence-corrected chi connectivity index (χ4v) is 8.82. The van der Waals surface area contributed by atoms with Crippen molar-refractivity contribution in [3.8, 4) is 11.1 Å². The normalized spacial score (nSPS) is 13.4. The van der Waals surface area contributed by atoms with Gasteiger partial charge in [-0.25, -0.2) is 0 Å². The van der Waals surface area contributed by atoms with Crippen molar-refractivity contribution in [1.82, 2.24) is 4.57 Å². The summed E-state index contributed by atoms with van der Waals surface area (Å²) in [5.41, 5.74) is 11.4. The van der Waals surface area contributed by atoms with Crippen molar-refractivity contribution in [3.63, 3.8) is 0 Å². The van der Waals surface area contributed by atoms with Crippen molar-refractivity contribution in [2.24, 2.45) is 0 Å². The van der Waals surface area contributed by atoms with Crippen LogP contribution in [0.3, 0.4) is 0 Å². The van der Waals surface area contributed by atoms with Crippen molar-refractivity contribution in [2.75, 3.05) is 4.90 Å². The summed E-state index contributed by atoms with van der Waals surface area (Å²) in [4.78, 5) is 2.43. The average molecular weight is 629 g/mol. The van der Waals surface area contributed by atoms with E-state index < -0.39 is 0 Å². The molecular formula is C47H36N2. The Morgan fingerprint density at radius 2 is 1.02 bits per heavy atom. The first-order valence-electron chi connectivity index (χ1n) is 17.4. The molecule has 234 valence electrons. The number of nitrogens with zero attached hydrogens (tertiary/aromatic N) is 2. The lowest BCUT2D eigenvalue weighted by molar-refractivity contribution is 0.660. The summed E-state index contributed by atoms with van der Waals surface area (Å²) in [7, 11) is 0. The Kier molecular flexibility index (Phi) is 5.93. The maximum absolute atomic E-state index is 2.46. The van der Waals surface area contributed by atoms with Crippen LogP contribution in [0.1, 0.15) is 31.9 Å². The molecule has 0 atom stereocenters. The highest BCUT2D eigenvalue weighted by Crippen LogP contribution is 2.51. The van der Waals surface area contributed by atoms with E-state index in [2.05, 4.69) is 182 Å². The molecule has 2 heteroatoms. The van der Waals surface area contributed by atoms with E-state index in [1.54, 1.807) is 0 Å². The van der Waals surface area contributed by atoms with E-state index in [4.69, 9.17) is 0 Å². The topological polar surface area (TPSA) is 8.17 Å². The lowest BCUT2D eigenvalue weighted by atomic mass is 9.82. The van der Waals surface area contributed by atoms with Crippen molar-refractivity contribution < 1.29 is 0 Å². The van der Waals surface area contributed by atoms with Gasteiger partial charge in [-0.3, -0.25) is 0 Å². The molecule has 10 rings (SSSR count). The lowest BCUT2D eigenvalue weighted by Crippen LogP contribution is -2.16. The summed E-state index contributed by atoms with van der Waals surface area (Å²) in [6.07, 6.45) is 0. The number of aryl methyl sites for hydroxylation is 1. The largest absolute Gasteiger partial charge is 0.341 e. The molecule has 1 heterocycles. The standard InChI is InChI=1S/C47H36N2/c1-4-48-45-21-13-11-19-38(45)42-28-40-35-24-22-31(26-39(35)33-16-8-9-17-34(33)41(40)29-46(42)48)49(30-14-6-5-7-15-30)32-23-25-37-36-18-10-12-20-43(36)47(2,3)44(37)27-32/h5-29H,4H2,1-3H3. The Morgan fingerprint density at radius 1 is 0.429 bits per heavy atom. The van der Waals surface area contributed by atoms with Crippen molar-refractivity contribution in [1.29, 1.82) is 0 Å². The molecule has 0 bridgehead atoms. The SMILES string of the molecule is CCn1c2ccccc2c2cc3c4ccc(N(c5ccccc5)c5ccc6c(c5)C(C)(C)c5ccccc5-6)cc4c4ccccc4c3cc21. The van der Waals surface area contributed by atoms with Gasteiger partial charge in [0.25, 0.3) is 0 Å². The number of benzene rings is 8. The molecule has 1 aromatic heterocycles. The van der Waals surface area contributed by atoms with Crippen molar-refractivity contribution in [3.05, 3.63) is 163 Å². The van der Waals surface area contributed by atoms with Gasteiger partial charge < -0.3 is 9.47 Å². The fourth-order valence-electron chi connectivity index (χ4n) is 8.82. The molecule has 0 aliphatic heterocycles. The highest BCUT2D eigenvalue weighted by atomic mass is 15.1. The molecule has 0 radical (unpaired) electrons. The van der Waals surface area contributed by atoms with E-state index in [1.807, 2.05) is 0 Å². The Labute approximate surface area is 286 Å². The van der Waals surface area contributed by atoms with E-state index in [0.29, 0.717) is 0 Å². The van der Waals surface area contributed by atoms with Gasteiger partial charge in [-0.1, -0.05) is 111 Å². The van der Waals surface area contributed by atoms with Crippen LogP contribution in [0.25, 0.3) is 65.3 Å². The molecule has 49 heavy (non-hydrogen) atoms. The first kappa shape index (κ1) is 28.2. The minimum atomic E-state index is -0.0744. The molecule has 9 aromatic rings. The lowest BCUT2D eigenvalue weighted by Gasteiger charge is -2.28. The summed E-state index contributed by atoms with van der Waals surface area (Å²) >= 11 is 0. The van der Waals surface area contributed by atoms with Crippen molar-refractivity contribution >= 4 is 71.2 Å². The molecule has 0 N–H and O–H groups in total. The third-order valence-corrected chi connectivity index (χ3v) is 11.1. The van der Waals surface area contributed by atoms with E-state index >= 15 is 0 Å². The summed E-state index contributed by atoms with van der Waals surface area (Å²) < 4.78 is 2.46. The van der Waals surface area contributed by atoms with Gasteiger partial charge in [0.2, 0.25) is 0 Å². The monoisotopic (exact) mass is 628 g/mol. The van der Waals surface area contributed by atoms with Crippen LogP contribution in [-0.4, -0.2) is 4.57 Å². The third-order valence-electron chi connectivity index (χ3n) is 11.1. The predicted molar refractivity (Wildman–Crippen MR) is 210 cm³/mol. The molecule has 2 nitrogen and oxygen atoms in total. The second kappa shape index (κ2) is 10.3. The number of rotatable bonds is 4. The molecule has 0 saturated carbocycles. The minimum absolute atomic E-state index is 0.0744. The van der Waals surface area contributed by atoms with Crippen LogP contribution < -0.4 is 4.90 Å². The number of hydrogen-bond donors (Lipinski definition) is 0. The molecule has 0 spiro atoms. The Morgan fingerprint density at radius 3 is 1.82 bits per heavy atom. The summed E-state index contributed by atoms with van der Waals surface area (Å²) in [5.74, 6) is 0. The maximum atomic E-state index is 2.46. The Hall–Kier alpha value is -5.86. The average Bonchev–Trinajstić information content (AvgIpc) is 3.59. The minimum Gasteiger partial charge on any atom is -0.341 e. The van der Waals surface area contributed by atoms with Gasteiger partial charge in [0.15, 0.2) is 0 Å². The smallest absolute Gasteiger partial charge is 0.0497 e. The van der Waals surface area contributed by atoms with E-state index in [0.717, 1.165) is 17.9 Å². The first-order chi connectivity index (χ1) is 24.0. The fraction of sp³-hybridized carbons (Fsp3) is 0.106.